The highest BCUT2D eigenvalue weighted by Crippen LogP contribution is 2.49. The Balaban J connectivity index is 1.20. The topological polar surface area (TPSA) is 6.48 Å². The number of nitrogens with zero attached hydrogens (tertiary/aromatic N) is 2. The van der Waals surface area contributed by atoms with Gasteiger partial charge in [-0.05, 0) is 121 Å². The fourth-order valence-electron chi connectivity index (χ4n) is 11.3. The van der Waals surface area contributed by atoms with Gasteiger partial charge in [-0.3, -0.25) is 0 Å². The lowest BCUT2D eigenvalue weighted by Crippen LogP contribution is -2.73. The molecule has 12 rings (SSSR count). The van der Waals surface area contributed by atoms with Gasteiger partial charge in [0.15, 0.2) is 8.07 Å². The molecular weight excluding hydrogens is 820 g/mol. The molecule has 65 heavy (non-hydrogen) atoms. The van der Waals surface area contributed by atoms with Gasteiger partial charge in [-0.25, -0.2) is 0 Å². The second-order valence-electron chi connectivity index (χ2n) is 18.9. The average Bonchev–Trinajstić information content (AvgIpc) is 3.62. The van der Waals surface area contributed by atoms with Crippen molar-refractivity contribution in [2.24, 2.45) is 0 Å². The second-order valence-corrected chi connectivity index (χ2v) is 23.8. The monoisotopic (exact) mass is 868 g/mol. The van der Waals surface area contributed by atoms with Crippen LogP contribution in [0.15, 0.2) is 216 Å². The molecule has 0 amide bonds. The normalized spacial score (nSPS) is 13.9. The van der Waals surface area contributed by atoms with Crippen molar-refractivity contribution in [2.75, 3.05) is 9.80 Å². The minimum Gasteiger partial charge on any atom is -0.311 e. The van der Waals surface area contributed by atoms with Crippen LogP contribution in [0.25, 0.3) is 11.1 Å². The summed E-state index contributed by atoms with van der Waals surface area (Å²) in [6.45, 7) is 11.5. The zero-order chi connectivity index (χ0) is 44.0. The standard InChI is InChI=1S/C60H49BN2SSi/c1-40-22-12-17-31-50(40)62(52-33-19-15-29-47(52)60(3,4)5)42-36-54-59-56(37-42)64-55-34-20-16-30-48(55)61(59)49-39-58-46(38-53(49)63(54)51-32-18-13-23-41(51)2)45-28-14-21-35-57(45)65(58,43-24-8-6-9-25-43)44-26-10-7-11-27-44/h6-39H,1-5H3. The molecule has 3 aliphatic heterocycles. The first-order chi connectivity index (χ1) is 31.7. The number of rotatable bonds is 6. The first kappa shape index (κ1) is 39.8. The first-order valence-corrected chi connectivity index (χ1v) is 25.7. The van der Waals surface area contributed by atoms with E-state index in [9.17, 15) is 0 Å². The van der Waals surface area contributed by atoms with Crippen LogP contribution < -0.4 is 46.9 Å². The van der Waals surface area contributed by atoms with Crippen molar-refractivity contribution in [1.29, 1.82) is 0 Å². The van der Waals surface area contributed by atoms with Crippen LogP contribution in [0.1, 0.15) is 37.5 Å². The smallest absolute Gasteiger partial charge is 0.249 e. The number of hydrogen-bond acceptors (Lipinski definition) is 3. The SMILES string of the molecule is Cc1ccccc1N(c1cc2c3c(c1)N(c1ccccc1C)c1cc4c(cc1B3c1ccccc1S2)[Si](c1ccccc1)(c1ccccc1)c1ccccc1-4)c1ccccc1C(C)(C)C. The van der Waals surface area contributed by atoms with Crippen molar-refractivity contribution >= 4 is 97.8 Å². The van der Waals surface area contributed by atoms with Crippen LogP contribution in [0.5, 0.6) is 0 Å². The molecule has 5 heteroatoms. The van der Waals surface area contributed by atoms with Crippen LogP contribution in [0.2, 0.25) is 0 Å². The van der Waals surface area contributed by atoms with E-state index in [4.69, 9.17) is 0 Å². The van der Waals surface area contributed by atoms with Gasteiger partial charge in [0, 0.05) is 43.9 Å². The lowest BCUT2D eigenvalue weighted by Gasteiger charge is -2.43. The number of para-hydroxylation sites is 3. The lowest BCUT2D eigenvalue weighted by molar-refractivity contribution is 0.591. The zero-order valence-corrected chi connectivity index (χ0v) is 39.3. The van der Waals surface area contributed by atoms with E-state index in [0.717, 1.165) is 5.69 Å². The molecule has 9 aromatic carbocycles. The van der Waals surface area contributed by atoms with Gasteiger partial charge in [-0.15, -0.1) is 0 Å². The highest BCUT2D eigenvalue weighted by Gasteiger charge is 2.51. The molecule has 0 atom stereocenters. The molecule has 312 valence electrons. The van der Waals surface area contributed by atoms with Gasteiger partial charge in [-0.1, -0.05) is 202 Å². The Labute approximate surface area is 389 Å². The van der Waals surface area contributed by atoms with Crippen molar-refractivity contribution in [2.45, 2.75) is 49.8 Å². The van der Waals surface area contributed by atoms with E-state index in [-0.39, 0.29) is 12.1 Å². The van der Waals surface area contributed by atoms with E-state index in [1.807, 2.05) is 11.8 Å². The van der Waals surface area contributed by atoms with Crippen LogP contribution in [0, 0.1) is 13.8 Å². The summed E-state index contributed by atoms with van der Waals surface area (Å²) in [6.07, 6.45) is 0. The molecule has 0 fully saturated rings. The van der Waals surface area contributed by atoms with Gasteiger partial charge in [-0.2, -0.15) is 0 Å². The van der Waals surface area contributed by atoms with E-state index in [2.05, 4.69) is 251 Å². The molecule has 0 aliphatic carbocycles. The highest BCUT2D eigenvalue weighted by molar-refractivity contribution is 8.00. The van der Waals surface area contributed by atoms with Crippen LogP contribution in [0.4, 0.5) is 34.1 Å². The Hall–Kier alpha value is -6.79. The molecular formula is C60H49BN2SSi. The molecule has 0 radical (unpaired) electrons. The molecule has 2 nitrogen and oxygen atoms in total. The third-order valence-corrected chi connectivity index (χ3v) is 20.2. The summed E-state index contributed by atoms with van der Waals surface area (Å²) in [5.41, 5.74) is 17.7. The third-order valence-electron chi connectivity index (χ3n) is 14.2. The Morgan fingerprint density at radius 3 is 1.82 bits per heavy atom. The lowest BCUT2D eigenvalue weighted by atomic mass is 9.35. The van der Waals surface area contributed by atoms with Crippen LogP contribution >= 0.6 is 11.8 Å². The minimum absolute atomic E-state index is 0.0304. The van der Waals surface area contributed by atoms with E-state index >= 15 is 0 Å². The number of fused-ring (bicyclic) bond motifs is 7. The maximum Gasteiger partial charge on any atom is 0.249 e. The molecule has 0 aromatic heterocycles. The number of anilines is 6. The number of benzene rings is 9. The van der Waals surface area contributed by atoms with Gasteiger partial charge in [0.05, 0.1) is 0 Å². The molecule has 0 bridgehead atoms. The zero-order valence-electron chi connectivity index (χ0n) is 37.5. The van der Waals surface area contributed by atoms with E-state index in [1.165, 1.54) is 103 Å². The number of hydrogen-bond donors (Lipinski definition) is 0. The van der Waals surface area contributed by atoms with Crippen molar-refractivity contribution < 1.29 is 0 Å². The Kier molecular flexibility index (Phi) is 9.27. The summed E-state index contributed by atoms with van der Waals surface area (Å²) < 4.78 is 0. The molecule has 9 aromatic rings. The summed E-state index contributed by atoms with van der Waals surface area (Å²) in [6, 6.07) is 78.5. The van der Waals surface area contributed by atoms with Crippen molar-refractivity contribution in [3.8, 4) is 11.1 Å². The second kappa shape index (κ2) is 15.2. The molecule has 0 spiro atoms. The summed E-state index contributed by atoms with van der Waals surface area (Å²) in [4.78, 5) is 7.78. The average molecular weight is 869 g/mol. The van der Waals surface area contributed by atoms with Gasteiger partial charge in [0.2, 0.25) is 6.71 Å². The van der Waals surface area contributed by atoms with Crippen LogP contribution in [0.3, 0.4) is 0 Å². The molecule has 0 N–H and O–H groups in total. The van der Waals surface area contributed by atoms with Crippen molar-refractivity contribution in [3.05, 3.63) is 223 Å². The van der Waals surface area contributed by atoms with Gasteiger partial charge < -0.3 is 9.80 Å². The third kappa shape index (κ3) is 6.02. The van der Waals surface area contributed by atoms with Crippen molar-refractivity contribution in [1.82, 2.24) is 0 Å². The van der Waals surface area contributed by atoms with Gasteiger partial charge in [0.1, 0.15) is 0 Å². The first-order valence-electron chi connectivity index (χ1n) is 22.9. The number of aryl methyl sites for hydroxylation is 2. The Bertz CT molecular complexity index is 3300. The summed E-state index contributed by atoms with van der Waals surface area (Å²) in [5.74, 6) is 0. The maximum absolute atomic E-state index is 2.77. The fourth-order valence-corrected chi connectivity index (χ4v) is 17.7. The molecule has 0 unspecified atom stereocenters. The van der Waals surface area contributed by atoms with E-state index in [0.29, 0.717) is 0 Å². The van der Waals surface area contributed by atoms with Gasteiger partial charge in [0.25, 0.3) is 0 Å². The van der Waals surface area contributed by atoms with Crippen molar-refractivity contribution in [3.63, 3.8) is 0 Å². The Morgan fingerprint density at radius 2 is 1.09 bits per heavy atom. The van der Waals surface area contributed by atoms with Gasteiger partial charge >= 0.3 is 0 Å². The molecule has 3 aliphatic rings. The summed E-state index contributed by atoms with van der Waals surface area (Å²) >= 11 is 1.93. The minimum atomic E-state index is -2.77. The van der Waals surface area contributed by atoms with E-state index < -0.39 is 8.07 Å². The highest BCUT2D eigenvalue weighted by atomic mass is 32.2. The van der Waals surface area contributed by atoms with Crippen LogP contribution in [-0.4, -0.2) is 14.8 Å². The Morgan fingerprint density at radius 1 is 0.477 bits per heavy atom. The predicted molar refractivity (Wildman–Crippen MR) is 282 cm³/mol. The fraction of sp³-hybridized carbons (Fsp3) is 0.100. The summed E-state index contributed by atoms with van der Waals surface area (Å²) in [5, 5.41) is 5.77. The largest absolute Gasteiger partial charge is 0.311 e. The molecule has 0 saturated heterocycles. The predicted octanol–water partition coefficient (Wildman–Crippen LogP) is 11.2. The molecule has 0 saturated carbocycles. The van der Waals surface area contributed by atoms with E-state index in [1.54, 1.807) is 0 Å². The maximum atomic E-state index is 2.68. The summed E-state index contributed by atoms with van der Waals surface area (Å²) in [7, 11) is -2.77. The quantitative estimate of drug-likeness (QED) is 0.154. The van der Waals surface area contributed by atoms with Crippen LogP contribution in [-0.2, 0) is 5.41 Å². The molecule has 3 heterocycles.